The van der Waals surface area contributed by atoms with E-state index in [1.807, 2.05) is 19.1 Å². The van der Waals surface area contributed by atoms with Crippen LogP contribution < -0.4 is 5.32 Å². The molecule has 0 bridgehead atoms. The molecule has 1 aromatic heterocycles. The Morgan fingerprint density at radius 3 is 3.08 bits per heavy atom. The van der Waals surface area contributed by atoms with Crippen LogP contribution in [0.2, 0.25) is 0 Å². The lowest BCUT2D eigenvalue weighted by Gasteiger charge is -2.08. The minimum atomic E-state index is 0.127. The van der Waals surface area contributed by atoms with Crippen LogP contribution >= 0.6 is 0 Å². The van der Waals surface area contributed by atoms with E-state index in [9.17, 15) is 0 Å². The maximum Gasteiger partial charge on any atom is 0.0769 e. The van der Waals surface area contributed by atoms with E-state index in [-0.39, 0.29) is 6.04 Å². The van der Waals surface area contributed by atoms with Crippen molar-refractivity contribution in [2.24, 2.45) is 0 Å². The molecule has 1 N–H and O–H groups in total. The Hall–Kier alpha value is -1.40. The van der Waals surface area contributed by atoms with Crippen molar-refractivity contribution in [1.82, 2.24) is 15.5 Å². The van der Waals surface area contributed by atoms with Gasteiger partial charge >= 0.3 is 0 Å². The molecule has 13 heavy (non-hydrogen) atoms. The number of aromatic nitrogens is 2. The number of hydrogen-bond donors (Lipinski definition) is 1. The molecule has 0 spiro atoms. The zero-order valence-electron chi connectivity index (χ0n) is 7.70. The molecule has 0 aliphatic heterocycles. The van der Waals surface area contributed by atoms with Gasteiger partial charge in [-0.1, -0.05) is 12.8 Å². The fourth-order valence-corrected chi connectivity index (χ4v) is 0.977. The van der Waals surface area contributed by atoms with Crippen molar-refractivity contribution in [1.29, 1.82) is 0 Å². The van der Waals surface area contributed by atoms with E-state index in [0.29, 0.717) is 6.54 Å². The number of terminal acetylenes is 1. The third-order valence-corrected chi connectivity index (χ3v) is 1.77. The highest BCUT2D eigenvalue weighted by atomic mass is 15.1. The smallest absolute Gasteiger partial charge is 0.0769 e. The highest BCUT2D eigenvalue weighted by Gasteiger charge is 2.00. The van der Waals surface area contributed by atoms with Gasteiger partial charge in [0.25, 0.3) is 0 Å². The standard InChI is InChI=1S/C10H13N3/c1-3-9(4-2)11-8-10-6-5-7-12-13-10/h1,5-7,9,11H,4,8H2,2H3. The Kier molecular flexibility index (Phi) is 3.94. The van der Waals surface area contributed by atoms with E-state index in [0.717, 1.165) is 12.1 Å². The van der Waals surface area contributed by atoms with Crippen LogP contribution in [0.25, 0.3) is 0 Å². The first kappa shape index (κ1) is 9.69. The Morgan fingerprint density at radius 2 is 2.54 bits per heavy atom. The van der Waals surface area contributed by atoms with Crippen molar-refractivity contribution < 1.29 is 0 Å². The highest BCUT2D eigenvalue weighted by molar-refractivity contribution is 5.02. The molecule has 0 aromatic carbocycles. The van der Waals surface area contributed by atoms with Crippen LogP contribution in [0.3, 0.4) is 0 Å². The summed E-state index contributed by atoms with van der Waals surface area (Å²) in [5.74, 6) is 2.66. The number of nitrogens with zero attached hydrogens (tertiary/aromatic N) is 2. The Bertz CT molecular complexity index is 276. The summed E-state index contributed by atoms with van der Waals surface area (Å²) in [6.45, 7) is 2.73. The summed E-state index contributed by atoms with van der Waals surface area (Å²) in [4.78, 5) is 0. The highest BCUT2D eigenvalue weighted by Crippen LogP contribution is 1.93. The van der Waals surface area contributed by atoms with Gasteiger partial charge in [-0.2, -0.15) is 10.2 Å². The first-order valence-electron chi connectivity index (χ1n) is 4.33. The molecule has 0 amide bonds. The summed E-state index contributed by atoms with van der Waals surface area (Å²) < 4.78 is 0. The van der Waals surface area contributed by atoms with Crippen LogP contribution in [0.5, 0.6) is 0 Å². The average Bonchev–Trinajstić information content (AvgIpc) is 2.21. The van der Waals surface area contributed by atoms with E-state index >= 15 is 0 Å². The van der Waals surface area contributed by atoms with Crippen molar-refractivity contribution in [3.05, 3.63) is 24.0 Å². The third kappa shape index (κ3) is 3.22. The van der Waals surface area contributed by atoms with Crippen LogP contribution in [0.4, 0.5) is 0 Å². The first-order chi connectivity index (χ1) is 6.36. The summed E-state index contributed by atoms with van der Waals surface area (Å²) in [7, 11) is 0. The molecule has 3 heteroatoms. The Labute approximate surface area is 78.6 Å². The average molecular weight is 175 g/mol. The van der Waals surface area contributed by atoms with Crippen LogP contribution in [-0.4, -0.2) is 16.2 Å². The molecule has 0 fully saturated rings. The van der Waals surface area contributed by atoms with Crippen LogP contribution in [0.1, 0.15) is 19.0 Å². The second-order valence-electron chi connectivity index (χ2n) is 2.72. The molecule has 1 aromatic rings. The topological polar surface area (TPSA) is 37.8 Å². The summed E-state index contributed by atoms with van der Waals surface area (Å²) >= 11 is 0. The molecule has 1 unspecified atom stereocenters. The minimum absolute atomic E-state index is 0.127. The van der Waals surface area contributed by atoms with Gasteiger partial charge in [-0.3, -0.25) is 5.32 Å². The molecular formula is C10H13N3. The van der Waals surface area contributed by atoms with Crippen molar-refractivity contribution in [3.63, 3.8) is 0 Å². The van der Waals surface area contributed by atoms with Gasteiger partial charge in [0, 0.05) is 12.7 Å². The molecule has 68 valence electrons. The van der Waals surface area contributed by atoms with E-state index in [4.69, 9.17) is 6.42 Å². The van der Waals surface area contributed by atoms with Gasteiger partial charge in [0.1, 0.15) is 0 Å². The minimum Gasteiger partial charge on any atom is -0.298 e. The van der Waals surface area contributed by atoms with Crippen molar-refractivity contribution >= 4 is 0 Å². The van der Waals surface area contributed by atoms with Gasteiger partial charge in [-0.05, 0) is 18.6 Å². The molecule has 0 aliphatic carbocycles. The van der Waals surface area contributed by atoms with Gasteiger partial charge in [-0.25, -0.2) is 0 Å². The molecule has 0 aliphatic rings. The van der Waals surface area contributed by atoms with Crippen LogP contribution in [-0.2, 0) is 6.54 Å². The third-order valence-electron chi connectivity index (χ3n) is 1.77. The SMILES string of the molecule is C#CC(CC)NCc1cccnn1. The molecule has 1 rings (SSSR count). The Morgan fingerprint density at radius 1 is 1.69 bits per heavy atom. The maximum atomic E-state index is 5.30. The van der Waals surface area contributed by atoms with Gasteiger partial charge in [0.05, 0.1) is 11.7 Å². The number of rotatable bonds is 4. The molecule has 0 saturated carbocycles. The lowest BCUT2D eigenvalue weighted by atomic mass is 10.2. The van der Waals surface area contributed by atoms with E-state index < -0.39 is 0 Å². The molecule has 1 atom stereocenters. The largest absolute Gasteiger partial charge is 0.298 e. The first-order valence-corrected chi connectivity index (χ1v) is 4.33. The molecule has 0 radical (unpaired) electrons. The fourth-order valence-electron chi connectivity index (χ4n) is 0.977. The van der Waals surface area contributed by atoms with Gasteiger partial charge in [0.2, 0.25) is 0 Å². The predicted molar refractivity (Wildman–Crippen MR) is 51.8 cm³/mol. The lowest BCUT2D eigenvalue weighted by Crippen LogP contribution is -2.26. The van der Waals surface area contributed by atoms with E-state index in [1.54, 1.807) is 6.20 Å². The van der Waals surface area contributed by atoms with Crippen molar-refractivity contribution in [3.8, 4) is 12.3 Å². The van der Waals surface area contributed by atoms with Crippen LogP contribution in [0, 0.1) is 12.3 Å². The second-order valence-corrected chi connectivity index (χ2v) is 2.72. The monoisotopic (exact) mass is 175 g/mol. The van der Waals surface area contributed by atoms with Gasteiger partial charge in [0.15, 0.2) is 0 Å². The zero-order chi connectivity index (χ0) is 9.52. The Balaban J connectivity index is 2.40. The molecular weight excluding hydrogens is 162 g/mol. The summed E-state index contributed by atoms with van der Waals surface area (Å²) in [5, 5.41) is 10.9. The molecule has 0 saturated heterocycles. The van der Waals surface area contributed by atoms with E-state index in [2.05, 4.69) is 21.4 Å². The van der Waals surface area contributed by atoms with Gasteiger partial charge < -0.3 is 0 Å². The second kappa shape index (κ2) is 5.28. The normalized spacial score (nSPS) is 12.0. The molecule has 3 nitrogen and oxygen atoms in total. The quantitative estimate of drug-likeness (QED) is 0.693. The van der Waals surface area contributed by atoms with E-state index in [1.165, 1.54) is 0 Å². The molecule has 1 heterocycles. The number of hydrogen-bond acceptors (Lipinski definition) is 3. The van der Waals surface area contributed by atoms with Crippen molar-refractivity contribution in [2.75, 3.05) is 0 Å². The zero-order valence-corrected chi connectivity index (χ0v) is 7.70. The van der Waals surface area contributed by atoms with Gasteiger partial charge in [-0.15, -0.1) is 6.42 Å². The predicted octanol–water partition coefficient (Wildman–Crippen LogP) is 0.978. The fraction of sp³-hybridized carbons (Fsp3) is 0.400. The van der Waals surface area contributed by atoms with Crippen LogP contribution in [0.15, 0.2) is 18.3 Å². The summed E-state index contributed by atoms with van der Waals surface area (Å²) in [5.41, 5.74) is 0.913. The summed E-state index contributed by atoms with van der Waals surface area (Å²) in [6.07, 6.45) is 7.88. The maximum absolute atomic E-state index is 5.30. The number of nitrogens with one attached hydrogen (secondary N) is 1. The summed E-state index contributed by atoms with van der Waals surface area (Å²) in [6, 6.07) is 3.91. The lowest BCUT2D eigenvalue weighted by molar-refractivity contribution is 0.581. The van der Waals surface area contributed by atoms with Crippen molar-refractivity contribution in [2.45, 2.75) is 25.9 Å².